The summed E-state index contributed by atoms with van der Waals surface area (Å²) in [5.41, 5.74) is 8.00. The molecule has 0 fully saturated rings. The number of aromatic nitrogens is 3. The van der Waals surface area contributed by atoms with E-state index in [-0.39, 0.29) is 0 Å². The van der Waals surface area contributed by atoms with Crippen molar-refractivity contribution in [2.75, 3.05) is 0 Å². The van der Waals surface area contributed by atoms with Crippen LogP contribution >= 0.6 is 11.3 Å². The molecule has 4 heteroatoms. The number of fused-ring (bicyclic) bond motifs is 4. The highest BCUT2D eigenvalue weighted by molar-refractivity contribution is 7.17. The predicted octanol–water partition coefficient (Wildman–Crippen LogP) is 8.12. The number of thiophene rings is 1. The van der Waals surface area contributed by atoms with Gasteiger partial charge in [-0.15, -0.1) is 11.3 Å². The first kappa shape index (κ1) is 19.2. The summed E-state index contributed by atoms with van der Waals surface area (Å²) in [6, 6.07) is 30.5. The minimum atomic E-state index is 1.09. The molecule has 0 saturated heterocycles. The average molecular weight is 454 g/mol. The number of hydrogen-bond donors (Lipinski definition) is 0. The Balaban J connectivity index is 1.59. The second-order valence-electron chi connectivity index (χ2n) is 8.43. The lowest BCUT2D eigenvalue weighted by atomic mass is 9.99. The van der Waals surface area contributed by atoms with Gasteiger partial charge in [0, 0.05) is 57.1 Å². The van der Waals surface area contributed by atoms with E-state index in [1.807, 2.05) is 36.9 Å². The molecule has 160 valence electrons. The van der Waals surface area contributed by atoms with Gasteiger partial charge in [0.15, 0.2) is 0 Å². The van der Waals surface area contributed by atoms with Crippen molar-refractivity contribution in [2.24, 2.45) is 0 Å². The molecule has 0 aliphatic carbocycles. The first-order chi connectivity index (χ1) is 16.8. The number of para-hydroxylation sites is 1. The van der Waals surface area contributed by atoms with Crippen molar-refractivity contribution in [1.29, 1.82) is 0 Å². The van der Waals surface area contributed by atoms with Crippen molar-refractivity contribution in [2.45, 2.75) is 0 Å². The number of nitrogens with zero attached hydrogens (tertiary/aromatic N) is 3. The van der Waals surface area contributed by atoms with Gasteiger partial charge in [0.1, 0.15) is 0 Å². The van der Waals surface area contributed by atoms with Crippen LogP contribution in [0.15, 0.2) is 115 Å². The van der Waals surface area contributed by atoms with Gasteiger partial charge in [0.25, 0.3) is 0 Å². The van der Waals surface area contributed by atoms with E-state index in [1.165, 1.54) is 31.9 Å². The highest BCUT2D eigenvalue weighted by atomic mass is 32.1. The largest absolute Gasteiger partial charge is 0.309 e. The summed E-state index contributed by atoms with van der Waals surface area (Å²) >= 11 is 1.79. The average Bonchev–Trinajstić information content (AvgIpc) is 3.50. The van der Waals surface area contributed by atoms with E-state index in [1.54, 1.807) is 11.3 Å². The zero-order valence-corrected chi connectivity index (χ0v) is 19.0. The Labute approximate surface area is 200 Å². The molecule has 0 spiro atoms. The molecular weight excluding hydrogens is 434 g/mol. The lowest BCUT2D eigenvalue weighted by Crippen LogP contribution is -1.96. The van der Waals surface area contributed by atoms with Gasteiger partial charge < -0.3 is 4.57 Å². The van der Waals surface area contributed by atoms with E-state index in [4.69, 9.17) is 0 Å². The van der Waals surface area contributed by atoms with Crippen molar-refractivity contribution >= 4 is 43.2 Å². The van der Waals surface area contributed by atoms with Gasteiger partial charge in [-0.05, 0) is 76.5 Å². The zero-order valence-electron chi connectivity index (χ0n) is 18.2. The summed E-state index contributed by atoms with van der Waals surface area (Å²) in [6.45, 7) is 0. The third-order valence-electron chi connectivity index (χ3n) is 6.41. The third-order valence-corrected chi connectivity index (χ3v) is 7.29. The summed E-state index contributed by atoms with van der Waals surface area (Å²) in [4.78, 5) is 8.73. The maximum absolute atomic E-state index is 4.37. The lowest BCUT2D eigenvalue weighted by Gasteiger charge is -2.13. The molecule has 0 unspecified atom stereocenters. The maximum atomic E-state index is 4.37. The van der Waals surface area contributed by atoms with Crippen LogP contribution < -0.4 is 0 Å². The summed E-state index contributed by atoms with van der Waals surface area (Å²) in [5.74, 6) is 0. The Morgan fingerprint density at radius 1 is 0.588 bits per heavy atom. The fourth-order valence-corrected chi connectivity index (χ4v) is 5.65. The monoisotopic (exact) mass is 453 g/mol. The topological polar surface area (TPSA) is 30.7 Å². The van der Waals surface area contributed by atoms with Gasteiger partial charge in [-0.3, -0.25) is 9.97 Å². The Bertz CT molecular complexity index is 1740. The van der Waals surface area contributed by atoms with Crippen molar-refractivity contribution in [3.05, 3.63) is 115 Å². The standard InChI is InChI=1S/C30H19N3S/c1-2-8-28-26(7-1)27-16-20-9-12-34-30(20)17-29(27)33(28)25-14-23(21-5-3-10-31-18-21)13-24(15-25)22-6-4-11-32-19-22/h1-19H. The number of hydrogen-bond acceptors (Lipinski definition) is 3. The summed E-state index contributed by atoms with van der Waals surface area (Å²) in [6.07, 6.45) is 7.48. The fraction of sp³-hybridized carbons (Fsp3) is 0. The van der Waals surface area contributed by atoms with E-state index in [0.29, 0.717) is 0 Å². The third kappa shape index (κ3) is 3.04. The van der Waals surface area contributed by atoms with E-state index >= 15 is 0 Å². The quantitative estimate of drug-likeness (QED) is 0.270. The molecule has 0 saturated carbocycles. The summed E-state index contributed by atoms with van der Waals surface area (Å²) in [5, 5.41) is 6.00. The van der Waals surface area contributed by atoms with E-state index in [0.717, 1.165) is 27.9 Å². The predicted molar refractivity (Wildman–Crippen MR) is 143 cm³/mol. The van der Waals surface area contributed by atoms with Crippen LogP contribution in [0, 0.1) is 0 Å². The van der Waals surface area contributed by atoms with Crippen molar-refractivity contribution in [3.63, 3.8) is 0 Å². The van der Waals surface area contributed by atoms with Crippen molar-refractivity contribution in [3.8, 4) is 27.9 Å². The number of rotatable bonds is 3. The molecule has 0 amide bonds. The second-order valence-corrected chi connectivity index (χ2v) is 9.38. The van der Waals surface area contributed by atoms with Gasteiger partial charge in [-0.2, -0.15) is 0 Å². The molecule has 3 nitrogen and oxygen atoms in total. The first-order valence-corrected chi connectivity index (χ1v) is 12.1. The molecule has 0 aliphatic heterocycles. The molecule has 3 aromatic carbocycles. The van der Waals surface area contributed by atoms with Crippen molar-refractivity contribution in [1.82, 2.24) is 14.5 Å². The van der Waals surface area contributed by atoms with Crippen LogP contribution in [0.3, 0.4) is 0 Å². The molecule has 34 heavy (non-hydrogen) atoms. The van der Waals surface area contributed by atoms with Crippen molar-refractivity contribution < 1.29 is 0 Å². The van der Waals surface area contributed by atoms with Gasteiger partial charge in [-0.1, -0.05) is 30.3 Å². The number of pyridine rings is 2. The second kappa shape index (κ2) is 7.65. The highest BCUT2D eigenvalue weighted by Crippen LogP contribution is 2.38. The normalized spacial score (nSPS) is 11.5. The van der Waals surface area contributed by atoms with Gasteiger partial charge in [0.2, 0.25) is 0 Å². The Morgan fingerprint density at radius 3 is 2.03 bits per heavy atom. The SMILES string of the molecule is c1cncc(-c2cc(-c3cccnc3)cc(-n3c4ccccc4c4cc5ccsc5cc43)c2)c1. The number of benzene rings is 3. The minimum Gasteiger partial charge on any atom is -0.309 e. The van der Waals surface area contributed by atoms with Crippen LogP contribution in [-0.4, -0.2) is 14.5 Å². The molecule has 0 aliphatic rings. The molecule has 7 rings (SSSR count). The fourth-order valence-electron chi connectivity index (χ4n) is 4.84. The molecule has 0 bridgehead atoms. The van der Waals surface area contributed by atoms with Crippen LogP contribution in [0.4, 0.5) is 0 Å². The van der Waals surface area contributed by atoms with Crippen LogP contribution in [0.2, 0.25) is 0 Å². The Morgan fingerprint density at radius 2 is 1.32 bits per heavy atom. The molecular formula is C30H19N3S. The first-order valence-electron chi connectivity index (χ1n) is 11.2. The van der Waals surface area contributed by atoms with E-state index in [9.17, 15) is 0 Å². The van der Waals surface area contributed by atoms with Gasteiger partial charge in [-0.25, -0.2) is 0 Å². The van der Waals surface area contributed by atoms with Crippen LogP contribution in [-0.2, 0) is 0 Å². The Hall–Kier alpha value is -4.28. The summed E-state index contributed by atoms with van der Waals surface area (Å²) < 4.78 is 3.69. The smallest absolute Gasteiger partial charge is 0.0555 e. The molecule has 0 atom stereocenters. The van der Waals surface area contributed by atoms with E-state index < -0.39 is 0 Å². The molecule has 0 N–H and O–H groups in total. The van der Waals surface area contributed by atoms with Crippen LogP contribution in [0.5, 0.6) is 0 Å². The molecule has 0 radical (unpaired) electrons. The molecule has 4 aromatic heterocycles. The Kier molecular flexibility index (Phi) is 4.32. The summed E-state index contributed by atoms with van der Waals surface area (Å²) in [7, 11) is 0. The lowest BCUT2D eigenvalue weighted by molar-refractivity contribution is 1.18. The minimum absolute atomic E-state index is 1.09. The maximum Gasteiger partial charge on any atom is 0.0555 e. The van der Waals surface area contributed by atoms with E-state index in [2.05, 4.69) is 92.7 Å². The van der Waals surface area contributed by atoms with Gasteiger partial charge in [0.05, 0.1) is 11.0 Å². The van der Waals surface area contributed by atoms with Crippen LogP contribution in [0.1, 0.15) is 0 Å². The highest BCUT2D eigenvalue weighted by Gasteiger charge is 2.15. The zero-order chi connectivity index (χ0) is 22.5. The van der Waals surface area contributed by atoms with Crippen LogP contribution in [0.25, 0.3) is 59.8 Å². The van der Waals surface area contributed by atoms with Gasteiger partial charge >= 0.3 is 0 Å². The molecule has 4 heterocycles. The molecule has 7 aromatic rings.